The molecule has 0 aromatic carbocycles. The third kappa shape index (κ3) is 5.28. The van der Waals surface area contributed by atoms with Gasteiger partial charge in [0.05, 0.1) is 6.10 Å². The summed E-state index contributed by atoms with van der Waals surface area (Å²) in [5.74, 6) is 0.0816. The number of nitrogens with one attached hydrogen (secondary N) is 2. The lowest BCUT2D eigenvalue weighted by atomic mass is 10.1. The molecule has 2 rings (SSSR count). The van der Waals surface area contributed by atoms with Crippen molar-refractivity contribution in [2.75, 3.05) is 13.1 Å². The zero-order chi connectivity index (χ0) is 12.8. The van der Waals surface area contributed by atoms with Gasteiger partial charge in [-0.2, -0.15) is 0 Å². The molecule has 0 bridgehead atoms. The number of halogens is 1. The van der Waals surface area contributed by atoms with Gasteiger partial charge in [-0.05, 0) is 38.6 Å². The van der Waals surface area contributed by atoms with Crippen molar-refractivity contribution in [2.45, 2.75) is 70.1 Å². The summed E-state index contributed by atoms with van der Waals surface area (Å²) in [5.41, 5.74) is 0. The summed E-state index contributed by atoms with van der Waals surface area (Å²) in [6.45, 7) is 3.99. The Morgan fingerprint density at radius 2 is 2.05 bits per heavy atom. The molecular formula is C14H27ClN2O2. The summed E-state index contributed by atoms with van der Waals surface area (Å²) in [6, 6.07) is 0.285. The van der Waals surface area contributed by atoms with Crippen molar-refractivity contribution in [3.8, 4) is 0 Å². The number of ether oxygens (including phenoxy) is 1. The van der Waals surface area contributed by atoms with Gasteiger partial charge >= 0.3 is 0 Å². The molecule has 0 aromatic rings. The normalized spacial score (nSPS) is 25.6. The molecule has 4 nitrogen and oxygen atoms in total. The van der Waals surface area contributed by atoms with Gasteiger partial charge in [0.1, 0.15) is 6.10 Å². The zero-order valence-electron chi connectivity index (χ0n) is 11.8. The molecule has 1 aliphatic carbocycles. The minimum Gasteiger partial charge on any atom is -0.365 e. The Morgan fingerprint density at radius 1 is 1.32 bits per heavy atom. The van der Waals surface area contributed by atoms with Crippen molar-refractivity contribution in [1.82, 2.24) is 10.6 Å². The monoisotopic (exact) mass is 290 g/mol. The number of carbonyl (C=O) groups is 1. The first-order valence-electron chi connectivity index (χ1n) is 7.46. The molecule has 2 aliphatic rings. The van der Waals surface area contributed by atoms with Gasteiger partial charge in [-0.25, -0.2) is 0 Å². The third-order valence-electron chi connectivity index (χ3n) is 3.97. The van der Waals surface area contributed by atoms with E-state index in [2.05, 4.69) is 10.6 Å². The first kappa shape index (κ1) is 16.7. The third-order valence-corrected chi connectivity index (χ3v) is 3.97. The maximum absolute atomic E-state index is 12.2. The SMILES string of the molecule is CCC(OC1CCCC1)C(=O)NC1CCCNC1.Cl. The smallest absolute Gasteiger partial charge is 0.249 e. The second kappa shape index (κ2) is 8.77. The Morgan fingerprint density at radius 3 is 2.63 bits per heavy atom. The van der Waals surface area contributed by atoms with E-state index < -0.39 is 0 Å². The van der Waals surface area contributed by atoms with Crippen molar-refractivity contribution < 1.29 is 9.53 Å². The summed E-state index contributed by atoms with van der Waals surface area (Å²) in [6.07, 6.45) is 7.78. The lowest BCUT2D eigenvalue weighted by Crippen LogP contribution is -2.49. The molecule has 0 spiro atoms. The minimum atomic E-state index is -0.255. The van der Waals surface area contributed by atoms with Crippen LogP contribution in [0.25, 0.3) is 0 Å². The summed E-state index contributed by atoms with van der Waals surface area (Å²) in [4.78, 5) is 12.2. The molecule has 112 valence electrons. The molecule has 1 saturated carbocycles. The Labute approximate surface area is 122 Å². The van der Waals surface area contributed by atoms with E-state index in [-0.39, 0.29) is 30.5 Å². The van der Waals surface area contributed by atoms with E-state index in [1.807, 2.05) is 6.92 Å². The van der Waals surface area contributed by atoms with E-state index >= 15 is 0 Å². The van der Waals surface area contributed by atoms with Crippen LogP contribution in [-0.4, -0.2) is 37.2 Å². The number of amides is 1. The Kier molecular flexibility index (Phi) is 7.73. The molecule has 2 N–H and O–H groups in total. The fourth-order valence-corrected chi connectivity index (χ4v) is 2.87. The Hall–Kier alpha value is -0.320. The largest absolute Gasteiger partial charge is 0.365 e. The molecule has 1 saturated heterocycles. The number of hydrogen-bond donors (Lipinski definition) is 2. The minimum absolute atomic E-state index is 0. The van der Waals surface area contributed by atoms with E-state index in [4.69, 9.17) is 4.74 Å². The van der Waals surface area contributed by atoms with Gasteiger partial charge in [0, 0.05) is 12.6 Å². The van der Waals surface area contributed by atoms with Crippen LogP contribution in [0.1, 0.15) is 51.9 Å². The molecule has 5 heteroatoms. The molecule has 1 amide bonds. The summed E-state index contributed by atoms with van der Waals surface area (Å²) in [5, 5.41) is 6.43. The predicted molar refractivity (Wildman–Crippen MR) is 78.7 cm³/mol. The lowest BCUT2D eigenvalue weighted by molar-refractivity contribution is -0.137. The van der Waals surface area contributed by atoms with Crippen LogP contribution in [0.5, 0.6) is 0 Å². The van der Waals surface area contributed by atoms with Gasteiger partial charge in [-0.1, -0.05) is 19.8 Å². The van der Waals surface area contributed by atoms with Crippen molar-refractivity contribution in [3.05, 3.63) is 0 Å². The predicted octanol–water partition coefficient (Wildman–Crippen LogP) is 2.01. The highest BCUT2D eigenvalue weighted by atomic mass is 35.5. The highest BCUT2D eigenvalue weighted by Crippen LogP contribution is 2.23. The van der Waals surface area contributed by atoms with Crippen molar-refractivity contribution in [1.29, 1.82) is 0 Å². The first-order chi connectivity index (χ1) is 8.79. The summed E-state index contributed by atoms with van der Waals surface area (Å²) >= 11 is 0. The van der Waals surface area contributed by atoms with Gasteiger partial charge in [-0.3, -0.25) is 4.79 Å². The molecule has 2 unspecified atom stereocenters. The van der Waals surface area contributed by atoms with Gasteiger partial charge in [0.25, 0.3) is 0 Å². The van der Waals surface area contributed by atoms with Crippen LogP contribution in [0, 0.1) is 0 Å². The first-order valence-corrected chi connectivity index (χ1v) is 7.46. The highest BCUT2D eigenvalue weighted by molar-refractivity contribution is 5.85. The standard InChI is InChI=1S/C14H26N2O2.ClH/c1-2-13(18-12-7-3-4-8-12)14(17)16-11-6-5-9-15-10-11;/h11-13,15H,2-10H2,1H3,(H,16,17);1H. The van der Waals surface area contributed by atoms with Gasteiger partial charge in [-0.15, -0.1) is 12.4 Å². The van der Waals surface area contributed by atoms with Gasteiger partial charge in [0.15, 0.2) is 0 Å². The molecular weight excluding hydrogens is 264 g/mol. The Bertz CT molecular complexity index is 264. The van der Waals surface area contributed by atoms with Crippen LogP contribution < -0.4 is 10.6 Å². The molecule has 0 aromatic heterocycles. The average Bonchev–Trinajstić information content (AvgIpc) is 2.90. The lowest BCUT2D eigenvalue weighted by Gasteiger charge is -2.27. The van der Waals surface area contributed by atoms with Crippen LogP contribution in [0.3, 0.4) is 0 Å². The van der Waals surface area contributed by atoms with E-state index in [0.29, 0.717) is 6.10 Å². The number of rotatable bonds is 5. The topological polar surface area (TPSA) is 50.4 Å². The van der Waals surface area contributed by atoms with Crippen LogP contribution >= 0.6 is 12.4 Å². The van der Waals surface area contributed by atoms with Crippen molar-refractivity contribution in [3.63, 3.8) is 0 Å². The van der Waals surface area contributed by atoms with E-state index in [9.17, 15) is 4.79 Å². The van der Waals surface area contributed by atoms with Crippen molar-refractivity contribution in [2.24, 2.45) is 0 Å². The highest BCUT2D eigenvalue weighted by Gasteiger charge is 2.26. The second-order valence-electron chi connectivity index (χ2n) is 5.49. The molecule has 1 aliphatic heterocycles. The number of hydrogen-bond acceptors (Lipinski definition) is 3. The maximum atomic E-state index is 12.2. The second-order valence-corrected chi connectivity index (χ2v) is 5.49. The van der Waals surface area contributed by atoms with Crippen molar-refractivity contribution >= 4 is 18.3 Å². The van der Waals surface area contributed by atoms with E-state index in [1.165, 1.54) is 12.8 Å². The van der Waals surface area contributed by atoms with Crippen LogP contribution in [0.4, 0.5) is 0 Å². The molecule has 2 atom stereocenters. The fraction of sp³-hybridized carbons (Fsp3) is 0.929. The Balaban J connectivity index is 0.00000180. The van der Waals surface area contributed by atoms with Gasteiger partial charge < -0.3 is 15.4 Å². The zero-order valence-corrected chi connectivity index (χ0v) is 12.6. The fourth-order valence-electron chi connectivity index (χ4n) is 2.87. The summed E-state index contributed by atoms with van der Waals surface area (Å²) in [7, 11) is 0. The van der Waals surface area contributed by atoms with E-state index in [0.717, 1.165) is 45.2 Å². The number of carbonyl (C=O) groups excluding carboxylic acids is 1. The molecule has 2 fully saturated rings. The molecule has 0 radical (unpaired) electrons. The molecule has 1 heterocycles. The van der Waals surface area contributed by atoms with Gasteiger partial charge in [0.2, 0.25) is 5.91 Å². The maximum Gasteiger partial charge on any atom is 0.249 e. The number of piperidine rings is 1. The van der Waals surface area contributed by atoms with E-state index in [1.54, 1.807) is 0 Å². The van der Waals surface area contributed by atoms with Crippen LogP contribution in [0.15, 0.2) is 0 Å². The van der Waals surface area contributed by atoms with Crippen LogP contribution in [-0.2, 0) is 9.53 Å². The van der Waals surface area contributed by atoms with Crippen LogP contribution in [0.2, 0.25) is 0 Å². The average molecular weight is 291 g/mol. The quantitative estimate of drug-likeness (QED) is 0.814. The molecule has 19 heavy (non-hydrogen) atoms. The summed E-state index contributed by atoms with van der Waals surface area (Å²) < 4.78 is 5.93.